The van der Waals surface area contributed by atoms with Crippen molar-refractivity contribution in [1.82, 2.24) is 4.90 Å². The molecule has 1 saturated heterocycles. The van der Waals surface area contributed by atoms with Gasteiger partial charge in [0.2, 0.25) is 0 Å². The van der Waals surface area contributed by atoms with Crippen molar-refractivity contribution < 1.29 is 4.39 Å². The third kappa shape index (κ3) is 2.73. The minimum absolute atomic E-state index is 0.161. The van der Waals surface area contributed by atoms with Crippen LogP contribution in [0.4, 0.5) is 10.1 Å². The van der Waals surface area contributed by atoms with E-state index >= 15 is 0 Å². The number of halogens is 1. The molecule has 0 saturated carbocycles. The van der Waals surface area contributed by atoms with Crippen LogP contribution < -0.4 is 5.32 Å². The van der Waals surface area contributed by atoms with E-state index in [1.54, 1.807) is 6.07 Å². The molecule has 1 aromatic carbocycles. The number of likely N-dealkylation sites (tertiary alicyclic amines) is 1. The fraction of sp³-hybridized carbons (Fsp3) is 0.538. The molecule has 0 atom stereocenters. The summed E-state index contributed by atoms with van der Waals surface area (Å²) in [4.78, 5) is 2.34. The molecule has 0 radical (unpaired) electrons. The van der Waals surface area contributed by atoms with Gasteiger partial charge in [-0.2, -0.15) is 0 Å². The molecule has 0 spiro atoms. The van der Waals surface area contributed by atoms with Crippen LogP contribution in [0.2, 0.25) is 0 Å². The van der Waals surface area contributed by atoms with Gasteiger partial charge in [0.25, 0.3) is 0 Å². The standard InChI is InChI=1S/C13H19FN2/c1-10-9-11(14)3-4-13(10)15-12-5-7-16(2)8-6-12/h3-4,9,12,15H,5-8H2,1-2H3. The lowest BCUT2D eigenvalue weighted by Crippen LogP contribution is -2.36. The quantitative estimate of drug-likeness (QED) is 0.827. The van der Waals surface area contributed by atoms with E-state index in [4.69, 9.17) is 0 Å². The van der Waals surface area contributed by atoms with E-state index in [1.165, 1.54) is 6.07 Å². The van der Waals surface area contributed by atoms with Gasteiger partial charge in [0.05, 0.1) is 0 Å². The molecule has 0 unspecified atom stereocenters. The van der Waals surface area contributed by atoms with Crippen molar-refractivity contribution >= 4 is 5.69 Å². The number of nitrogens with zero attached hydrogens (tertiary/aromatic N) is 1. The average molecular weight is 222 g/mol. The summed E-state index contributed by atoms with van der Waals surface area (Å²) in [7, 11) is 2.15. The normalized spacial score (nSPS) is 18.7. The van der Waals surface area contributed by atoms with Crippen LogP contribution in [0.3, 0.4) is 0 Å². The fourth-order valence-corrected chi connectivity index (χ4v) is 2.16. The van der Waals surface area contributed by atoms with Gasteiger partial charge in [-0.05, 0) is 63.7 Å². The lowest BCUT2D eigenvalue weighted by atomic mass is 10.0. The van der Waals surface area contributed by atoms with Gasteiger partial charge >= 0.3 is 0 Å². The Kier molecular flexibility index (Phi) is 3.44. The Hall–Kier alpha value is -1.09. The Labute approximate surface area is 96.5 Å². The Morgan fingerprint density at radius 2 is 2.00 bits per heavy atom. The van der Waals surface area contributed by atoms with Crippen molar-refractivity contribution in [3.8, 4) is 0 Å². The highest BCUT2D eigenvalue weighted by molar-refractivity contribution is 5.51. The molecule has 1 aliphatic heterocycles. The van der Waals surface area contributed by atoms with Gasteiger partial charge < -0.3 is 10.2 Å². The van der Waals surface area contributed by atoms with Crippen LogP contribution in [0, 0.1) is 12.7 Å². The average Bonchev–Trinajstić information content (AvgIpc) is 2.25. The SMILES string of the molecule is Cc1cc(F)ccc1NC1CCN(C)CC1. The molecular weight excluding hydrogens is 203 g/mol. The summed E-state index contributed by atoms with van der Waals surface area (Å²) in [5.74, 6) is -0.161. The largest absolute Gasteiger partial charge is 0.382 e. The third-order valence-electron chi connectivity index (χ3n) is 3.27. The summed E-state index contributed by atoms with van der Waals surface area (Å²) in [6.07, 6.45) is 2.32. The second kappa shape index (κ2) is 4.83. The van der Waals surface area contributed by atoms with Crippen molar-refractivity contribution in [3.63, 3.8) is 0 Å². The smallest absolute Gasteiger partial charge is 0.123 e. The lowest BCUT2D eigenvalue weighted by molar-refractivity contribution is 0.264. The van der Waals surface area contributed by atoms with E-state index in [0.29, 0.717) is 6.04 Å². The third-order valence-corrected chi connectivity index (χ3v) is 3.27. The topological polar surface area (TPSA) is 15.3 Å². The van der Waals surface area contributed by atoms with Gasteiger partial charge in [-0.25, -0.2) is 4.39 Å². The molecule has 0 aromatic heterocycles. The number of aryl methyl sites for hydroxylation is 1. The number of hydrogen-bond donors (Lipinski definition) is 1. The molecule has 1 N–H and O–H groups in total. The molecule has 3 heteroatoms. The molecule has 88 valence electrons. The summed E-state index contributed by atoms with van der Waals surface area (Å²) in [5, 5.41) is 3.50. The highest BCUT2D eigenvalue weighted by atomic mass is 19.1. The predicted molar refractivity (Wildman–Crippen MR) is 65.3 cm³/mol. The van der Waals surface area contributed by atoms with Crippen molar-refractivity contribution in [1.29, 1.82) is 0 Å². The molecule has 0 bridgehead atoms. The van der Waals surface area contributed by atoms with E-state index in [1.807, 2.05) is 13.0 Å². The van der Waals surface area contributed by atoms with Crippen molar-refractivity contribution in [2.24, 2.45) is 0 Å². The van der Waals surface area contributed by atoms with Gasteiger partial charge in [-0.1, -0.05) is 0 Å². The number of anilines is 1. The second-order valence-corrected chi connectivity index (χ2v) is 4.68. The zero-order chi connectivity index (χ0) is 11.5. The predicted octanol–water partition coefficient (Wildman–Crippen LogP) is 2.64. The van der Waals surface area contributed by atoms with Crippen LogP contribution in [-0.4, -0.2) is 31.1 Å². The first kappa shape index (κ1) is 11.4. The van der Waals surface area contributed by atoms with Crippen LogP contribution in [-0.2, 0) is 0 Å². The molecule has 16 heavy (non-hydrogen) atoms. The molecule has 0 aliphatic carbocycles. The maximum Gasteiger partial charge on any atom is 0.123 e. The van der Waals surface area contributed by atoms with E-state index in [-0.39, 0.29) is 5.82 Å². The Balaban J connectivity index is 1.98. The maximum absolute atomic E-state index is 12.9. The van der Waals surface area contributed by atoms with Crippen LogP contribution in [0.5, 0.6) is 0 Å². The summed E-state index contributed by atoms with van der Waals surface area (Å²) in [6, 6.07) is 5.46. The zero-order valence-corrected chi connectivity index (χ0v) is 9.96. The maximum atomic E-state index is 12.9. The van der Waals surface area contributed by atoms with Crippen LogP contribution >= 0.6 is 0 Å². The minimum atomic E-state index is -0.161. The number of piperidine rings is 1. The van der Waals surface area contributed by atoms with Gasteiger partial charge in [0.15, 0.2) is 0 Å². The number of benzene rings is 1. The first-order valence-electron chi connectivity index (χ1n) is 5.86. The summed E-state index contributed by atoms with van der Waals surface area (Å²) >= 11 is 0. The number of nitrogens with one attached hydrogen (secondary N) is 1. The van der Waals surface area contributed by atoms with Gasteiger partial charge in [0, 0.05) is 11.7 Å². The molecule has 1 aliphatic rings. The van der Waals surface area contributed by atoms with E-state index in [2.05, 4.69) is 17.3 Å². The number of rotatable bonds is 2. The van der Waals surface area contributed by atoms with Gasteiger partial charge in [0.1, 0.15) is 5.82 Å². The fourth-order valence-electron chi connectivity index (χ4n) is 2.16. The summed E-state index contributed by atoms with van der Waals surface area (Å²) < 4.78 is 12.9. The molecule has 2 rings (SSSR count). The first-order valence-corrected chi connectivity index (χ1v) is 5.86. The second-order valence-electron chi connectivity index (χ2n) is 4.68. The monoisotopic (exact) mass is 222 g/mol. The van der Waals surface area contributed by atoms with Crippen molar-refractivity contribution in [2.45, 2.75) is 25.8 Å². The van der Waals surface area contributed by atoms with E-state index < -0.39 is 0 Å². The zero-order valence-electron chi connectivity index (χ0n) is 9.96. The van der Waals surface area contributed by atoms with Crippen LogP contribution in [0.1, 0.15) is 18.4 Å². The van der Waals surface area contributed by atoms with E-state index in [9.17, 15) is 4.39 Å². The van der Waals surface area contributed by atoms with E-state index in [0.717, 1.165) is 37.2 Å². The van der Waals surface area contributed by atoms with Gasteiger partial charge in [-0.15, -0.1) is 0 Å². The first-order chi connectivity index (χ1) is 7.65. The lowest BCUT2D eigenvalue weighted by Gasteiger charge is -2.30. The Bertz CT molecular complexity index is 357. The van der Waals surface area contributed by atoms with Crippen molar-refractivity contribution in [3.05, 3.63) is 29.6 Å². The molecule has 1 aromatic rings. The Morgan fingerprint density at radius 3 is 2.62 bits per heavy atom. The summed E-state index contributed by atoms with van der Waals surface area (Å²) in [5.41, 5.74) is 2.05. The molecular formula is C13H19FN2. The highest BCUT2D eigenvalue weighted by Crippen LogP contribution is 2.20. The minimum Gasteiger partial charge on any atom is -0.382 e. The molecule has 1 fully saturated rings. The molecule has 2 nitrogen and oxygen atoms in total. The van der Waals surface area contributed by atoms with Crippen LogP contribution in [0.15, 0.2) is 18.2 Å². The molecule has 0 amide bonds. The molecule has 1 heterocycles. The van der Waals surface area contributed by atoms with Crippen molar-refractivity contribution in [2.75, 3.05) is 25.5 Å². The number of hydrogen-bond acceptors (Lipinski definition) is 2. The summed E-state index contributed by atoms with van der Waals surface area (Å²) in [6.45, 7) is 4.22. The highest BCUT2D eigenvalue weighted by Gasteiger charge is 2.16. The van der Waals surface area contributed by atoms with Crippen LogP contribution in [0.25, 0.3) is 0 Å². The van der Waals surface area contributed by atoms with Gasteiger partial charge in [-0.3, -0.25) is 0 Å². The Morgan fingerprint density at radius 1 is 1.31 bits per heavy atom.